The van der Waals surface area contributed by atoms with Gasteiger partial charge in [-0.1, -0.05) is 47.5 Å². The molecule has 3 aromatic rings. The molecule has 0 saturated heterocycles. The number of hydrogen-bond donors (Lipinski definition) is 2. The Balaban J connectivity index is 0.00000280. The summed E-state index contributed by atoms with van der Waals surface area (Å²) in [5, 5.41) is 15.1. The standard InChI is InChI=1S/C22H26Cl2N2O.ClH/c1-16-20(14-25-11-5-2-6-12-27)19-7-3-4-8-22(19)26(16)15-17-9-10-18(23)13-21(17)24;/h3-4,7-10,13,25,27H,2,5-6,11-12,14-15H2,1H3;1H. The maximum Gasteiger partial charge on any atom is 0.0493 e. The SMILES string of the molecule is Cc1c(CNCCCCCO)c2ccccc2n1Cc1ccc(Cl)cc1Cl.Cl. The van der Waals surface area contributed by atoms with Crippen molar-refractivity contribution in [1.82, 2.24) is 9.88 Å². The smallest absolute Gasteiger partial charge is 0.0493 e. The zero-order valence-corrected chi connectivity index (χ0v) is 18.4. The first-order chi connectivity index (χ1) is 13.1. The maximum atomic E-state index is 8.87. The van der Waals surface area contributed by atoms with Crippen molar-refractivity contribution in [2.75, 3.05) is 13.2 Å². The molecule has 0 aliphatic carbocycles. The lowest BCUT2D eigenvalue weighted by Crippen LogP contribution is -2.15. The van der Waals surface area contributed by atoms with Gasteiger partial charge in [0.15, 0.2) is 0 Å². The maximum absolute atomic E-state index is 8.87. The number of rotatable bonds is 9. The third kappa shape index (κ3) is 5.43. The minimum atomic E-state index is 0. The first kappa shape index (κ1) is 23.1. The van der Waals surface area contributed by atoms with Crippen molar-refractivity contribution in [3.05, 3.63) is 69.3 Å². The Morgan fingerprint density at radius 1 is 1.04 bits per heavy atom. The van der Waals surface area contributed by atoms with Crippen molar-refractivity contribution in [3.63, 3.8) is 0 Å². The minimum Gasteiger partial charge on any atom is -0.396 e. The first-order valence-electron chi connectivity index (χ1n) is 9.44. The Kier molecular flexibility index (Phi) is 9.13. The van der Waals surface area contributed by atoms with Crippen LogP contribution in [0, 0.1) is 6.92 Å². The minimum absolute atomic E-state index is 0. The topological polar surface area (TPSA) is 37.2 Å². The normalized spacial score (nSPS) is 11.0. The van der Waals surface area contributed by atoms with E-state index in [4.69, 9.17) is 28.3 Å². The van der Waals surface area contributed by atoms with Crippen molar-refractivity contribution < 1.29 is 5.11 Å². The molecule has 3 rings (SSSR count). The number of nitrogens with zero attached hydrogens (tertiary/aromatic N) is 1. The number of nitrogens with one attached hydrogen (secondary N) is 1. The molecule has 28 heavy (non-hydrogen) atoms. The summed E-state index contributed by atoms with van der Waals surface area (Å²) in [4.78, 5) is 0. The Hall–Kier alpha value is -1.23. The summed E-state index contributed by atoms with van der Waals surface area (Å²) in [7, 11) is 0. The van der Waals surface area contributed by atoms with Gasteiger partial charge in [0.1, 0.15) is 0 Å². The van der Waals surface area contributed by atoms with Crippen molar-refractivity contribution >= 4 is 46.5 Å². The highest BCUT2D eigenvalue weighted by atomic mass is 35.5. The fraction of sp³-hybridized carbons (Fsp3) is 0.364. The fourth-order valence-corrected chi connectivity index (χ4v) is 3.97. The summed E-state index contributed by atoms with van der Waals surface area (Å²) in [6.45, 7) is 4.97. The Morgan fingerprint density at radius 2 is 1.82 bits per heavy atom. The number of fused-ring (bicyclic) bond motifs is 1. The van der Waals surface area contributed by atoms with Crippen molar-refractivity contribution in [1.29, 1.82) is 0 Å². The average molecular weight is 442 g/mol. The number of benzene rings is 2. The number of para-hydroxylation sites is 1. The van der Waals surface area contributed by atoms with Crippen molar-refractivity contribution in [2.45, 2.75) is 39.3 Å². The molecule has 0 bridgehead atoms. The molecule has 152 valence electrons. The number of aliphatic hydroxyl groups excluding tert-OH is 1. The third-order valence-electron chi connectivity index (χ3n) is 5.02. The summed E-state index contributed by atoms with van der Waals surface area (Å²) in [6, 6.07) is 14.2. The molecular weight excluding hydrogens is 415 g/mol. The molecule has 0 atom stereocenters. The lowest BCUT2D eigenvalue weighted by atomic mass is 10.1. The van der Waals surface area contributed by atoms with Crippen LogP contribution in [0.1, 0.15) is 36.1 Å². The molecule has 0 saturated carbocycles. The van der Waals surface area contributed by atoms with E-state index < -0.39 is 0 Å². The molecule has 0 aliphatic rings. The van der Waals surface area contributed by atoms with E-state index in [0.717, 1.165) is 44.5 Å². The molecule has 1 heterocycles. The predicted molar refractivity (Wildman–Crippen MR) is 122 cm³/mol. The van der Waals surface area contributed by atoms with Crippen LogP contribution in [0.3, 0.4) is 0 Å². The molecule has 1 aromatic heterocycles. The van der Waals surface area contributed by atoms with Crippen molar-refractivity contribution in [3.8, 4) is 0 Å². The van der Waals surface area contributed by atoms with Crippen LogP contribution in [-0.2, 0) is 13.1 Å². The highest BCUT2D eigenvalue weighted by Gasteiger charge is 2.14. The summed E-state index contributed by atoms with van der Waals surface area (Å²) in [6.07, 6.45) is 3.01. The monoisotopic (exact) mass is 440 g/mol. The van der Waals surface area contributed by atoms with Crippen LogP contribution < -0.4 is 5.32 Å². The number of halogens is 3. The highest BCUT2D eigenvalue weighted by molar-refractivity contribution is 6.35. The average Bonchev–Trinajstić information content (AvgIpc) is 2.92. The summed E-state index contributed by atoms with van der Waals surface area (Å²) >= 11 is 12.4. The van der Waals surface area contributed by atoms with E-state index in [-0.39, 0.29) is 19.0 Å². The van der Waals surface area contributed by atoms with E-state index in [2.05, 4.69) is 41.1 Å². The highest BCUT2D eigenvalue weighted by Crippen LogP contribution is 2.29. The third-order valence-corrected chi connectivity index (χ3v) is 5.61. The van der Waals surface area contributed by atoms with E-state index in [1.165, 1.54) is 22.2 Å². The Bertz CT molecular complexity index is 908. The second kappa shape index (κ2) is 11.1. The van der Waals surface area contributed by atoms with Crippen LogP contribution in [0.2, 0.25) is 10.0 Å². The summed E-state index contributed by atoms with van der Waals surface area (Å²) < 4.78 is 2.33. The molecular formula is C22H27Cl3N2O. The van der Waals surface area contributed by atoms with Crippen LogP contribution in [0.5, 0.6) is 0 Å². The number of hydrogen-bond acceptors (Lipinski definition) is 2. The lowest BCUT2D eigenvalue weighted by Gasteiger charge is -2.11. The molecule has 3 nitrogen and oxygen atoms in total. The zero-order valence-electron chi connectivity index (χ0n) is 16.0. The molecule has 0 radical (unpaired) electrons. The summed E-state index contributed by atoms with van der Waals surface area (Å²) in [5.41, 5.74) is 4.87. The van der Waals surface area contributed by atoms with Crippen LogP contribution >= 0.6 is 35.6 Å². The Labute approximate surface area is 183 Å². The van der Waals surface area contributed by atoms with Gasteiger partial charge in [-0.25, -0.2) is 0 Å². The van der Waals surface area contributed by atoms with E-state index in [0.29, 0.717) is 10.0 Å². The van der Waals surface area contributed by atoms with Gasteiger partial charge < -0.3 is 15.0 Å². The van der Waals surface area contributed by atoms with Gasteiger partial charge in [0.05, 0.1) is 0 Å². The van der Waals surface area contributed by atoms with Gasteiger partial charge in [0.2, 0.25) is 0 Å². The molecule has 0 aliphatic heterocycles. The van der Waals surface area contributed by atoms with E-state index >= 15 is 0 Å². The van der Waals surface area contributed by atoms with Gasteiger partial charge in [0, 0.05) is 46.3 Å². The van der Waals surface area contributed by atoms with Crippen LogP contribution in [0.4, 0.5) is 0 Å². The second-order valence-electron chi connectivity index (χ2n) is 6.86. The van der Waals surface area contributed by atoms with Gasteiger partial charge in [-0.3, -0.25) is 0 Å². The summed E-state index contributed by atoms with van der Waals surface area (Å²) in [5.74, 6) is 0. The molecule has 0 fully saturated rings. The fourth-order valence-electron chi connectivity index (χ4n) is 3.50. The van der Waals surface area contributed by atoms with Gasteiger partial charge in [0.25, 0.3) is 0 Å². The quantitative estimate of drug-likeness (QED) is 0.401. The second-order valence-corrected chi connectivity index (χ2v) is 7.71. The predicted octanol–water partition coefficient (Wildman–Crippen LogP) is 5.98. The van der Waals surface area contributed by atoms with Gasteiger partial charge in [-0.05, 0) is 62.1 Å². The molecule has 0 spiro atoms. The Morgan fingerprint density at radius 3 is 2.57 bits per heavy atom. The number of aliphatic hydroxyl groups is 1. The molecule has 6 heteroatoms. The van der Waals surface area contributed by atoms with Crippen molar-refractivity contribution in [2.24, 2.45) is 0 Å². The molecule has 0 unspecified atom stereocenters. The van der Waals surface area contributed by atoms with Crippen LogP contribution in [-0.4, -0.2) is 22.8 Å². The first-order valence-corrected chi connectivity index (χ1v) is 10.2. The molecule has 2 N–H and O–H groups in total. The van der Waals surface area contributed by atoms with Gasteiger partial charge in [-0.15, -0.1) is 12.4 Å². The molecule has 2 aromatic carbocycles. The van der Waals surface area contributed by atoms with Gasteiger partial charge >= 0.3 is 0 Å². The lowest BCUT2D eigenvalue weighted by molar-refractivity contribution is 0.283. The largest absolute Gasteiger partial charge is 0.396 e. The number of aromatic nitrogens is 1. The van der Waals surface area contributed by atoms with E-state index in [9.17, 15) is 0 Å². The zero-order chi connectivity index (χ0) is 19.2. The van der Waals surface area contributed by atoms with Gasteiger partial charge in [-0.2, -0.15) is 0 Å². The number of unbranched alkanes of at least 4 members (excludes halogenated alkanes) is 2. The van der Waals surface area contributed by atoms with E-state index in [1.54, 1.807) is 6.07 Å². The molecule has 0 amide bonds. The van der Waals surface area contributed by atoms with Crippen LogP contribution in [0.15, 0.2) is 42.5 Å². The van der Waals surface area contributed by atoms with Crippen LogP contribution in [0.25, 0.3) is 10.9 Å². The van der Waals surface area contributed by atoms with E-state index in [1.807, 2.05) is 12.1 Å².